The van der Waals surface area contributed by atoms with Crippen molar-refractivity contribution < 1.29 is 19.2 Å². The normalized spacial score (nSPS) is 10.2. The molecule has 10 heteroatoms. The van der Waals surface area contributed by atoms with E-state index in [9.17, 15) is 19.7 Å². The average molecular weight is 412 g/mol. The maximum atomic E-state index is 12.1. The van der Waals surface area contributed by atoms with Crippen molar-refractivity contribution >= 4 is 46.4 Å². The smallest absolute Gasteiger partial charge is 0.312 e. The highest BCUT2D eigenvalue weighted by molar-refractivity contribution is 6.33. The van der Waals surface area contributed by atoms with E-state index in [0.717, 1.165) is 11.0 Å². The minimum Gasteiger partial charge on any atom is -0.477 e. The molecule has 142 valence electrons. The summed E-state index contributed by atoms with van der Waals surface area (Å²) in [5.41, 5.74) is 0.0764. The molecule has 2 amide bonds. The molecule has 0 bridgehead atoms. The standard InChI is InChI=1S/C17H15Cl2N3O5/c1-21(9-16(23)20-13-5-3-2-4-12(13)19)17(24)10-27-15-7-6-11(18)8-14(15)22(25)26/h2-8H,9-10H2,1H3,(H,20,23). The molecule has 0 unspecified atom stereocenters. The van der Waals surface area contributed by atoms with Gasteiger partial charge in [-0.25, -0.2) is 0 Å². The van der Waals surface area contributed by atoms with Gasteiger partial charge in [-0.05, 0) is 24.3 Å². The second-order valence-electron chi connectivity index (χ2n) is 5.44. The molecule has 0 radical (unpaired) electrons. The van der Waals surface area contributed by atoms with Gasteiger partial charge in [-0.2, -0.15) is 0 Å². The number of anilines is 1. The van der Waals surface area contributed by atoms with Crippen molar-refractivity contribution in [2.75, 3.05) is 25.5 Å². The Hall–Kier alpha value is -2.84. The molecule has 2 aromatic rings. The first kappa shape index (κ1) is 20.5. The molecular formula is C17H15Cl2N3O5. The number of hydrogen-bond acceptors (Lipinski definition) is 5. The number of rotatable bonds is 7. The quantitative estimate of drug-likeness (QED) is 0.555. The molecule has 0 atom stereocenters. The van der Waals surface area contributed by atoms with Crippen molar-refractivity contribution in [1.29, 1.82) is 0 Å². The number of halogens is 2. The van der Waals surface area contributed by atoms with Crippen LogP contribution >= 0.6 is 23.2 Å². The Morgan fingerprint density at radius 3 is 2.59 bits per heavy atom. The minimum atomic E-state index is -0.660. The molecule has 0 spiro atoms. The number of nitrogens with one attached hydrogen (secondary N) is 1. The van der Waals surface area contributed by atoms with Crippen LogP contribution in [0, 0.1) is 10.1 Å². The Morgan fingerprint density at radius 1 is 1.22 bits per heavy atom. The Labute approximate surface area is 164 Å². The Balaban J connectivity index is 1.91. The summed E-state index contributed by atoms with van der Waals surface area (Å²) in [6.45, 7) is -0.714. The fourth-order valence-corrected chi connectivity index (χ4v) is 2.41. The van der Waals surface area contributed by atoms with Gasteiger partial charge in [-0.3, -0.25) is 19.7 Å². The minimum absolute atomic E-state index is 0.0910. The number of likely N-dealkylation sites (N-methyl/N-ethyl adjacent to an activating group) is 1. The molecule has 0 aromatic heterocycles. The van der Waals surface area contributed by atoms with E-state index in [0.29, 0.717) is 10.7 Å². The lowest BCUT2D eigenvalue weighted by Crippen LogP contribution is -2.37. The van der Waals surface area contributed by atoms with E-state index in [-0.39, 0.29) is 23.0 Å². The van der Waals surface area contributed by atoms with E-state index in [1.54, 1.807) is 24.3 Å². The molecule has 0 fully saturated rings. The highest BCUT2D eigenvalue weighted by Crippen LogP contribution is 2.29. The highest BCUT2D eigenvalue weighted by Gasteiger charge is 2.19. The number of nitrogens with zero attached hydrogens (tertiary/aromatic N) is 2. The Morgan fingerprint density at radius 2 is 1.93 bits per heavy atom. The average Bonchev–Trinajstić information content (AvgIpc) is 2.62. The summed E-state index contributed by atoms with van der Waals surface area (Å²) in [7, 11) is 1.41. The number of ether oxygens (including phenoxy) is 1. The van der Waals surface area contributed by atoms with Crippen LogP contribution in [0.3, 0.4) is 0 Å². The number of carbonyl (C=O) groups excluding carboxylic acids is 2. The molecule has 27 heavy (non-hydrogen) atoms. The molecule has 2 aromatic carbocycles. The molecule has 0 aliphatic rings. The second-order valence-corrected chi connectivity index (χ2v) is 6.28. The first-order valence-electron chi connectivity index (χ1n) is 7.63. The van der Waals surface area contributed by atoms with Crippen LogP contribution in [0.5, 0.6) is 5.75 Å². The lowest BCUT2D eigenvalue weighted by molar-refractivity contribution is -0.385. The predicted octanol–water partition coefficient (Wildman–Crippen LogP) is 3.38. The van der Waals surface area contributed by atoms with Gasteiger partial charge in [0.15, 0.2) is 12.4 Å². The predicted molar refractivity (Wildman–Crippen MR) is 101 cm³/mol. The van der Waals surface area contributed by atoms with Crippen molar-refractivity contribution in [1.82, 2.24) is 4.90 Å². The first-order chi connectivity index (χ1) is 12.8. The van der Waals surface area contributed by atoms with Crippen LogP contribution < -0.4 is 10.1 Å². The number of para-hydroxylation sites is 1. The van der Waals surface area contributed by atoms with Crippen LogP contribution in [0.15, 0.2) is 42.5 Å². The summed E-state index contributed by atoms with van der Waals surface area (Å²) in [6, 6.07) is 10.5. The van der Waals surface area contributed by atoms with Crippen LogP contribution in [0.2, 0.25) is 10.0 Å². The third-order valence-corrected chi connectivity index (χ3v) is 3.99. The van der Waals surface area contributed by atoms with Gasteiger partial charge in [0.05, 0.1) is 22.2 Å². The van der Waals surface area contributed by atoms with Crippen LogP contribution in [0.1, 0.15) is 0 Å². The van der Waals surface area contributed by atoms with Gasteiger partial charge in [0.25, 0.3) is 5.91 Å². The van der Waals surface area contributed by atoms with Gasteiger partial charge in [-0.15, -0.1) is 0 Å². The van der Waals surface area contributed by atoms with Gasteiger partial charge < -0.3 is 15.0 Å². The van der Waals surface area contributed by atoms with Crippen LogP contribution in [0.25, 0.3) is 0 Å². The molecular weight excluding hydrogens is 397 g/mol. The van der Waals surface area contributed by atoms with Crippen molar-refractivity contribution in [3.63, 3.8) is 0 Å². The summed E-state index contributed by atoms with van der Waals surface area (Å²) in [4.78, 5) is 35.6. The molecule has 0 saturated carbocycles. The van der Waals surface area contributed by atoms with Crippen molar-refractivity contribution in [3.05, 3.63) is 62.6 Å². The fraction of sp³-hybridized carbons (Fsp3) is 0.176. The van der Waals surface area contributed by atoms with E-state index in [1.807, 2.05) is 0 Å². The number of nitro groups is 1. The summed E-state index contributed by atoms with van der Waals surface area (Å²) in [5, 5.41) is 14.1. The largest absolute Gasteiger partial charge is 0.477 e. The lowest BCUT2D eigenvalue weighted by Gasteiger charge is -2.17. The number of nitro benzene ring substituents is 1. The molecule has 0 aliphatic heterocycles. The van der Waals surface area contributed by atoms with E-state index >= 15 is 0 Å². The SMILES string of the molecule is CN(CC(=O)Nc1ccccc1Cl)C(=O)COc1ccc(Cl)cc1[N+](=O)[O-]. The van der Waals surface area contributed by atoms with Crippen LogP contribution in [-0.4, -0.2) is 41.8 Å². The van der Waals surface area contributed by atoms with Gasteiger partial charge in [-0.1, -0.05) is 35.3 Å². The topological polar surface area (TPSA) is 102 Å². The third kappa shape index (κ3) is 5.83. The van der Waals surface area contributed by atoms with Gasteiger partial charge in [0.1, 0.15) is 0 Å². The van der Waals surface area contributed by atoms with E-state index in [1.165, 1.54) is 19.2 Å². The summed E-state index contributed by atoms with van der Waals surface area (Å²) in [6.07, 6.45) is 0. The lowest BCUT2D eigenvalue weighted by atomic mass is 10.3. The number of carbonyl (C=O) groups is 2. The van der Waals surface area contributed by atoms with Crippen molar-refractivity contribution in [2.45, 2.75) is 0 Å². The van der Waals surface area contributed by atoms with Crippen molar-refractivity contribution in [2.24, 2.45) is 0 Å². The van der Waals surface area contributed by atoms with Crippen LogP contribution in [0.4, 0.5) is 11.4 Å². The number of benzene rings is 2. The van der Waals surface area contributed by atoms with E-state index in [4.69, 9.17) is 27.9 Å². The zero-order chi connectivity index (χ0) is 20.0. The van der Waals surface area contributed by atoms with Crippen molar-refractivity contribution in [3.8, 4) is 5.75 Å². The van der Waals surface area contributed by atoms with Gasteiger partial charge in [0, 0.05) is 18.1 Å². The molecule has 0 aliphatic carbocycles. The van der Waals surface area contributed by atoms with Crippen LogP contribution in [-0.2, 0) is 9.59 Å². The Kier molecular flexibility index (Phi) is 6.98. The first-order valence-corrected chi connectivity index (χ1v) is 8.38. The zero-order valence-corrected chi connectivity index (χ0v) is 15.7. The van der Waals surface area contributed by atoms with Gasteiger partial charge >= 0.3 is 5.69 Å². The van der Waals surface area contributed by atoms with E-state index in [2.05, 4.69) is 5.32 Å². The highest BCUT2D eigenvalue weighted by atomic mass is 35.5. The molecule has 0 saturated heterocycles. The summed E-state index contributed by atoms with van der Waals surface area (Å²) >= 11 is 11.7. The molecule has 1 N–H and O–H groups in total. The van der Waals surface area contributed by atoms with Gasteiger partial charge in [0.2, 0.25) is 5.91 Å². The second kappa shape index (κ2) is 9.20. The summed E-state index contributed by atoms with van der Waals surface area (Å²) < 4.78 is 5.21. The maximum absolute atomic E-state index is 12.1. The number of hydrogen-bond donors (Lipinski definition) is 1. The third-order valence-electron chi connectivity index (χ3n) is 3.42. The zero-order valence-electron chi connectivity index (χ0n) is 14.1. The maximum Gasteiger partial charge on any atom is 0.312 e. The fourth-order valence-electron chi connectivity index (χ4n) is 2.06. The summed E-state index contributed by atoms with van der Waals surface area (Å²) in [5.74, 6) is -1.07. The Bertz CT molecular complexity index is 875. The van der Waals surface area contributed by atoms with E-state index < -0.39 is 23.3 Å². The number of amides is 2. The molecule has 0 heterocycles. The molecule has 8 nitrogen and oxygen atoms in total. The molecule has 2 rings (SSSR count). The monoisotopic (exact) mass is 411 g/mol.